The number of nitrogens with one attached hydrogen (secondary N) is 7. The van der Waals surface area contributed by atoms with E-state index in [1.165, 1.54) is 0 Å². The van der Waals surface area contributed by atoms with Crippen molar-refractivity contribution in [2.45, 2.75) is 108 Å². The minimum atomic E-state index is -2.02. The summed E-state index contributed by atoms with van der Waals surface area (Å²) in [7, 11) is 0. The molecule has 0 aliphatic carbocycles. The van der Waals surface area contributed by atoms with Gasteiger partial charge in [-0.25, -0.2) is 4.79 Å². The van der Waals surface area contributed by atoms with Crippen molar-refractivity contribution >= 4 is 76.5 Å². The van der Waals surface area contributed by atoms with Gasteiger partial charge in [-0.1, -0.05) is 92.2 Å². The number of nitrogens with two attached hydrogens (primary N) is 1. The summed E-state index contributed by atoms with van der Waals surface area (Å²) in [6, 6.07) is 16.0. The number of rotatable bonds is 25. The van der Waals surface area contributed by atoms with Crippen molar-refractivity contribution in [3.63, 3.8) is 0 Å². The Hall–Kier alpha value is -6.79. The highest BCUT2D eigenvalue weighted by atomic mass is 32.4. The zero-order chi connectivity index (χ0) is 50.9. The van der Waals surface area contributed by atoms with Crippen LogP contribution in [0, 0.1) is 0 Å². The van der Waals surface area contributed by atoms with Crippen LogP contribution in [0.3, 0.4) is 0 Å². The Bertz CT molecular complexity index is 2490. The third kappa shape index (κ3) is 19.0. The van der Waals surface area contributed by atoms with Crippen molar-refractivity contribution in [1.29, 1.82) is 0 Å². The minimum absolute atomic E-state index is 0.000582. The summed E-state index contributed by atoms with van der Waals surface area (Å²) in [4.78, 5) is 109. The number of hydrogen-bond donors (Lipinski definition) is 9. The zero-order valence-electron chi connectivity index (χ0n) is 39.6. The van der Waals surface area contributed by atoms with Crippen molar-refractivity contribution in [2.75, 3.05) is 19.9 Å². The van der Waals surface area contributed by atoms with Crippen LogP contribution in [0.15, 0.2) is 85.1 Å². The van der Waals surface area contributed by atoms with Gasteiger partial charge in [-0.15, -0.1) is 0 Å². The Labute approximate surface area is 406 Å². The molecular formula is C48H63N8O11PS. The normalized spacial score (nSPS) is 13.6. The number of benzene rings is 3. The van der Waals surface area contributed by atoms with E-state index in [1.807, 2.05) is 38.5 Å². The third-order valence-electron chi connectivity index (χ3n) is 10.3. The van der Waals surface area contributed by atoms with Gasteiger partial charge in [0.05, 0.1) is 13.0 Å². The van der Waals surface area contributed by atoms with Gasteiger partial charge in [-0.05, 0) is 75.4 Å². The summed E-state index contributed by atoms with van der Waals surface area (Å²) in [5.41, 5.74) is 7.41. The number of ether oxygens (including phenoxy) is 1. The maximum Gasteiger partial charge on any atom is 0.408 e. The number of unbranched alkanes of at least 4 members (excludes halogenated alkanes) is 1. The van der Waals surface area contributed by atoms with Gasteiger partial charge in [0.25, 0.3) is 0 Å². The van der Waals surface area contributed by atoms with Crippen molar-refractivity contribution in [1.82, 2.24) is 36.9 Å². The molecule has 4 rings (SSSR count). The second-order valence-corrected chi connectivity index (χ2v) is 23.1. The SMILES string of the molecule is CCCC[C@H](NC(=O)[C@H](Cc1c[nH]c2ccccc12)NC(=O)CNC(=O)[C@H](Cc1ccc(OP(C)(C)=S)cc1)NC(=O)OC(C)(C)C)C(=O)N[C@@H](CC(=O)O)C(=O)N[C@@H](Cc1ccccc1)C(N)=O. The van der Waals surface area contributed by atoms with Crippen LogP contribution in [-0.4, -0.2) is 113 Å². The summed E-state index contributed by atoms with van der Waals surface area (Å²) < 4.78 is 11.2. The molecule has 69 heavy (non-hydrogen) atoms. The quantitative estimate of drug-likeness (QED) is 0.0433. The first-order valence-corrected chi connectivity index (χ1v) is 26.0. The average Bonchev–Trinajstić information content (AvgIpc) is 3.68. The maximum absolute atomic E-state index is 14.3. The van der Waals surface area contributed by atoms with Gasteiger partial charge in [0.2, 0.25) is 35.4 Å². The molecule has 0 unspecified atom stereocenters. The van der Waals surface area contributed by atoms with E-state index >= 15 is 0 Å². The summed E-state index contributed by atoms with van der Waals surface area (Å²) in [5, 5.41) is 25.8. The predicted molar refractivity (Wildman–Crippen MR) is 264 cm³/mol. The van der Waals surface area contributed by atoms with E-state index in [0.717, 1.165) is 10.9 Å². The number of fused-ring (bicyclic) bond motifs is 1. The van der Waals surface area contributed by atoms with Crippen molar-refractivity contribution in [3.8, 4) is 5.75 Å². The molecular weight excluding hydrogens is 928 g/mol. The summed E-state index contributed by atoms with van der Waals surface area (Å²) in [5.74, 6) is -5.96. The first kappa shape index (κ1) is 54.8. The van der Waals surface area contributed by atoms with Gasteiger partial charge in [-0.3, -0.25) is 33.6 Å². The number of amides is 7. The number of aliphatic carboxylic acids is 1. The molecule has 0 saturated heterocycles. The molecule has 0 aliphatic heterocycles. The lowest BCUT2D eigenvalue weighted by molar-refractivity contribution is -0.141. The van der Waals surface area contributed by atoms with E-state index < -0.39 is 103 Å². The number of carboxylic acids is 1. The minimum Gasteiger partial charge on any atom is -0.481 e. The topological polar surface area (TPSA) is 289 Å². The number of aromatic amines is 1. The highest BCUT2D eigenvalue weighted by Gasteiger charge is 2.33. The van der Waals surface area contributed by atoms with E-state index in [1.54, 1.807) is 87.6 Å². The van der Waals surface area contributed by atoms with Crippen LogP contribution < -0.4 is 42.2 Å². The molecule has 10 N–H and O–H groups in total. The Morgan fingerprint density at radius 1 is 0.710 bits per heavy atom. The molecule has 7 amide bonds. The van der Waals surface area contributed by atoms with E-state index in [-0.39, 0.29) is 25.7 Å². The Morgan fingerprint density at radius 3 is 1.90 bits per heavy atom. The highest BCUT2D eigenvalue weighted by Crippen LogP contribution is 2.39. The van der Waals surface area contributed by atoms with Crippen LogP contribution in [0.2, 0.25) is 0 Å². The number of carbonyl (C=O) groups is 8. The van der Waals surface area contributed by atoms with Gasteiger partial charge < -0.3 is 57.0 Å². The maximum atomic E-state index is 14.3. The number of hydrogen-bond acceptors (Lipinski definition) is 11. The van der Waals surface area contributed by atoms with E-state index in [4.69, 9.17) is 26.8 Å². The molecule has 3 aromatic carbocycles. The fraction of sp³-hybridized carbons (Fsp3) is 0.417. The predicted octanol–water partition coefficient (Wildman–Crippen LogP) is 3.33. The Balaban J connectivity index is 1.54. The fourth-order valence-corrected chi connectivity index (χ4v) is 7.94. The number of alkyl carbamates (subject to hydrolysis) is 1. The number of aromatic nitrogens is 1. The first-order chi connectivity index (χ1) is 32.5. The van der Waals surface area contributed by atoms with E-state index in [9.17, 15) is 43.5 Å². The molecule has 0 fully saturated rings. The molecule has 0 bridgehead atoms. The van der Waals surface area contributed by atoms with Gasteiger partial charge in [-0.2, -0.15) is 0 Å². The lowest BCUT2D eigenvalue weighted by Gasteiger charge is -2.26. The summed E-state index contributed by atoms with van der Waals surface area (Å²) in [6.07, 6.45) is -1.08. The molecule has 4 aromatic rings. The molecule has 0 spiro atoms. The number of para-hydroxylation sites is 1. The lowest BCUT2D eigenvalue weighted by Crippen LogP contribution is -2.59. The molecule has 372 valence electrons. The Morgan fingerprint density at radius 2 is 1.28 bits per heavy atom. The van der Waals surface area contributed by atoms with Gasteiger partial charge >= 0.3 is 12.1 Å². The monoisotopic (exact) mass is 990 g/mol. The van der Waals surface area contributed by atoms with Crippen molar-refractivity contribution in [2.24, 2.45) is 5.73 Å². The second-order valence-electron chi connectivity index (χ2n) is 17.8. The molecule has 5 atom stereocenters. The zero-order valence-corrected chi connectivity index (χ0v) is 41.3. The third-order valence-corrected chi connectivity index (χ3v) is 11.2. The van der Waals surface area contributed by atoms with E-state index in [2.05, 4.69) is 36.9 Å². The van der Waals surface area contributed by atoms with Crippen LogP contribution in [0.4, 0.5) is 4.79 Å². The largest absolute Gasteiger partial charge is 0.481 e. The Kier molecular flexibility index (Phi) is 20.3. The molecule has 1 aromatic heterocycles. The van der Waals surface area contributed by atoms with E-state index in [0.29, 0.717) is 35.3 Å². The lowest BCUT2D eigenvalue weighted by atomic mass is 10.0. The average molecular weight is 991 g/mol. The van der Waals surface area contributed by atoms with Crippen LogP contribution in [0.25, 0.3) is 10.9 Å². The van der Waals surface area contributed by atoms with Gasteiger partial charge in [0.15, 0.2) is 0 Å². The van der Waals surface area contributed by atoms with Gasteiger partial charge in [0, 0.05) is 36.4 Å². The van der Waals surface area contributed by atoms with Crippen LogP contribution in [0.1, 0.15) is 70.1 Å². The summed E-state index contributed by atoms with van der Waals surface area (Å²) in [6.45, 7) is 9.90. The van der Waals surface area contributed by atoms with Crippen LogP contribution in [-0.2, 0) is 69.4 Å². The van der Waals surface area contributed by atoms with Gasteiger partial charge in [0.1, 0.15) is 47.8 Å². The fourth-order valence-electron chi connectivity index (χ4n) is 7.05. The first-order valence-electron chi connectivity index (χ1n) is 22.4. The number of primary amides is 1. The number of carboxylic acid groups (broad SMARTS) is 1. The second kappa shape index (κ2) is 25.5. The van der Waals surface area contributed by atoms with Crippen LogP contribution in [0.5, 0.6) is 5.75 Å². The molecule has 21 heteroatoms. The summed E-state index contributed by atoms with van der Waals surface area (Å²) >= 11 is 5.40. The molecule has 1 heterocycles. The smallest absolute Gasteiger partial charge is 0.408 e. The van der Waals surface area contributed by atoms with Crippen LogP contribution >= 0.6 is 6.26 Å². The van der Waals surface area contributed by atoms with Crippen molar-refractivity contribution < 1.29 is 52.7 Å². The molecule has 0 aliphatic rings. The number of carbonyl (C=O) groups excluding carboxylic acids is 7. The standard InChI is InChI=1S/C48H63N8O11PS/c1-7-8-17-35(44(62)55-39(26-41(58)59)46(64)54-36(42(49)60)23-29-14-10-9-11-15-29)53-45(63)38(25-31-27-50-34-18-13-12-16-33(31)34)52-40(57)28-51-43(61)37(56-47(65)66-48(2,3)4)24-30-19-21-32(22-20-30)67-68(5,6)69/h9-16,18-22,27,35-39,50H,7-8,17,23-26,28H2,1-6H3,(H2,49,60)(H,51,61)(H,52,57)(H,53,63)(H,54,64)(H,55,62)(H,56,65)(H,58,59)/t35-,36-,37-,38-,39-/m0/s1. The van der Waals surface area contributed by atoms with Crippen molar-refractivity contribution in [3.05, 3.63) is 102 Å². The molecule has 0 radical (unpaired) electrons. The highest BCUT2D eigenvalue weighted by molar-refractivity contribution is 8.11. The molecule has 19 nitrogen and oxygen atoms in total. The number of H-pyrrole nitrogens is 1. The molecule has 0 saturated carbocycles.